The number of amides is 1. The van der Waals surface area contributed by atoms with E-state index in [9.17, 15) is 4.79 Å². The van der Waals surface area contributed by atoms with Gasteiger partial charge in [-0.3, -0.25) is 4.79 Å². The topological polar surface area (TPSA) is 58.4 Å². The molecule has 6 heteroatoms. The van der Waals surface area contributed by atoms with Crippen molar-refractivity contribution in [3.05, 3.63) is 81.1 Å². The monoisotopic (exact) mass is 452 g/mol. The van der Waals surface area contributed by atoms with Gasteiger partial charge in [-0.15, -0.1) is 0 Å². The van der Waals surface area contributed by atoms with Gasteiger partial charge in [-0.05, 0) is 69.7 Å². The minimum atomic E-state index is -0.202. The fraction of sp³-hybridized carbons (Fsp3) is 0.217. The molecule has 150 valence electrons. The molecule has 3 aromatic rings. The molecule has 1 aromatic heterocycles. The third-order valence-corrected chi connectivity index (χ3v) is 5.28. The van der Waals surface area contributed by atoms with Crippen molar-refractivity contribution in [2.24, 2.45) is 5.10 Å². The van der Waals surface area contributed by atoms with E-state index >= 15 is 0 Å². The van der Waals surface area contributed by atoms with Gasteiger partial charge in [0, 0.05) is 32.8 Å². The molecule has 3 rings (SSSR count). The standard InChI is InChI=1S/C23H25BrN4O/c1-15-5-10-22(16(2)11-15)28-17(3)12-19(18(28)4)13-26-27-23(29)14-25-21-8-6-20(24)7-9-21/h5-13,25H,14H2,1-4H3,(H,27,29)/b26-13-. The van der Waals surface area contributed by atoms with Crippen LogP contribution in [0.15, 0.2) is 58.1 Å². The molecule has 0 aliphatic heterocycles. The molecule has 2 aromatic carbocycles. The first-order valence-electron chi connectivity index (χ1n) is 9.43. The molecular formula is C23H25BrN4O. The third-order valence-electron chi connectivity index (χ3n) is 4.75. The van der Waals surface area contributed by atoms with Crippen LogP contribution < -0.4 is 10.7 Å². The van der Waals surface area contributed by atoms with Crippen LogP contribution in [0.25, 0.3) is 5.69 Å². The van der Waals surface area contributed by atoms with Crippen molar-refractivity contribution in [3.63, 3.8) is 0 Å². The fourth-order valence-corrected chi connectivity index (χ4v) is 3.57. The Morgan fingerprint density at radius 2 is 1.79 bits per heavy atom. The Morgan fingerprint density at radius 1 is 1.07 bits per heavy atom. The minimum absolute atomic E-state index is 0.153. The van der Waals surface area contributed by atoms with E-state index < -0.39 is 0 Å². The van der Waals surface area contributed by atoms with Gasteiger partial charge in [-0.2, -0.15) is 5.10 Å². The normalized spacial score (nSPS) is 11.1. The predicted octanol–water partition coefficient (Wildman–Crippen LogP) is 5.04. The maximum absolute atomic E-state index is 12.0. The van der Waals surface area contributed by atoms with Crippen molar-refractivity contribution < 1.29 is 4.79 Å². The Morgan fingerprint density at radius 3 is 2.48 bits per heavy atom. The second-order valence-corrected chi connectivity index (χ2v) is 8.02. The van der Waals surface area contributed by atoms with Crippen LogP contribution in [0.1, 0.15) is 28.1 Å². The number of hydrogen-bond donors (Lipinski definition) is 2. The number of nitrogens with one attached hydrogen (secondary N) is 2. The Kier molecular flexibility index (Phi) is 6.54. The van der Waals surface area contributed by atoms with Crippen LogP contribution in [-0.2, 0) is 4.79 Å². The van der Waals surface area contributed by atoms with Crippen LogP contribution in [0.3, 0.4) is 0 Å². The Hall–Kier alpha value is -2.86. The largest absolute Gasteiger partial charge is 0.376 e. The highest BCUT2D eigenvalue weighted by Gasteiger charge is 2.11. The summed E-state index contributed by atoms with van der Waals surface area (Å²) in [7, 11) is 0. The molecule has 1 amide bonds. The van der Waals surface area contributed by atoms with Crippen LogP contribution in [0.2, 0.25) is 0 Å². The van der Waals surface area contributed by atoms with Crippen molar-refractivity contribution in [2.45, 2.75) is 27.7 Å². The molecule has 0 aliphatic carbocycles. The molecule has 0 saturated heterocycles. The average Bonchev–Trinajstić information content (AvgIpc) is 2.95. The first kappa shape index (κ1) is 20.9. The van der Waals surface area contributed by atoms with Crippen LogP contribution in [0, 0.1) is 27.7 Å². The Bertz CT molecular complexity index is 1050. The zero-order chi connectivity index (χ0) is 21.0. The molecular weight excluding hydrogens is 428 g/mol. The van der Waals surface area contributed by atoms with Crippen LogP contribution in [0.4, 0.5) is 5.69 Å². The van der Waals surface area contributed by atoms with E-state index in [0.717, 1.165) is 32.8 Å². The highest BCUT2D eigenvalue weighted by atomic mass is 79.9. The quantitative estimate of drug-likeness (QED) is 0.406. The second kappa shape index (κ2) is 9.09. The van der Waals surface area contributed by atoms with E-state index in [-0.39, 0.29) is 12.5 Å². The van der Waals surface area contributed by atoms with Gasteiger partial charge in [0.05, 0.1) is 12.8 Å². The number of aryl methyl sites for hydroxylation is 3. The van der Waals surface area contributed by atoms with Gasteiger partial charge in [-0.25, -0.2) is 5.43 Å². The highest BCUT2D eigenvalue weighted by Crippen LogP contribution is 2.23. The summed E-state index contributed by atoms with van der Waals surface area (Å²) in [6.45, 7) is 8.50. The number of hydrogen-bond acceptors (Lipinski definition) is 3. The van der Waals surface area contributed by atoms with Gasteiger partial charge in [0.15, 0.2) is 0 Å². The minimum Gasteiger partial charge on any atom is -0.376 e. The summed E-state index contributed by atoms with van der Waals surface area (Å²) in [5, 5.41) is 7.19. The zero-order valence-electron chi connectivity index (χ0n) is 17.1. The lowest BCUT2D eigenvalue weighted by atomic mass is 10.1. The molecule has 5 nitrogen and oxygen atoms in total. The SMILES string of the molecule is Cc1ccc(-n2c(C)cc(/C=N\NC(=O)CNc3ccc(Br)cc3)c2C)c(C)c1. The van der Waals surface area contributed by atoms with Crippen molar-refractivity contribution >= 4 is 33.7 Å². The van der Waals surface area contributed by atoms with E-state index in [1.165, 1.54) is 11.1 Å². The number of rotatable bonds is 6. The summed E-state index contributed by atoms with van der Waals surface area (Å²) in [5.74, 6) is -0.202. The number of hydrazone groups is 1. The lowest BCUT2D eigenvalue weighted by Gasteiger charge is -2.13. The summed E-state index contributed by atoms with van der Waals surface area (Å²) in [4.78, 5) is 12.0. The van der Waals surface area contributed by atoms with Crippen LogP contribution in [-0.4, -0.2) is 23.2 Å². The van der Waals surface area contributed by atoms with Crippen molar-refractivity contribution in [1.29, 1.82) is 0 Å². The molecule has 0 fully saturated rings. The van der Waals surface area contributed by atoms with Crippen molar-refractivity contribution in [3.8, 4) is 5.69 Å². The molecule has 29 heavy (non-hydrogen) atoms. The number of halogens is 1. The molecule has 0 bridgehead atoms. The average molecular weight is 453 g/mol. The van der Waals surface area contributed by atoms with Crippen LogP contribution in [0.5, 0.6) is 0 Å². The lowest BCUT2D eigenvalue weighted by Crippen LogP contribution is -2.25. The Balaban J connectivity index is 1.65. The second-order valence-electron chi connectivity index (χ2n) is 7.11. The molecule has 0 aliphatic rings. The van der Waals surface area contributed by atoms with E-state index in [1.54, 1.807) is 6.21 Å². The number of benzene rings is 2. The number of carbonyl (C=O) groups excluding carboxylic acids is 1. The number of nitrogens with zero attached hydrogens (tertiary/aromatic N) is 2. The zero-order valence-corrected chi connectivity index (χ0v) is 18.7. The van der Waals surface area contributed by atoms with E-state index in [1.807, 2.05) is 24.3 Å². The highest BCUT2D eigenvalue weighted by molar-refractivity contribution is 9.10. The smallest absolute Gasteiger partial charge is 0.259 e. The van der Waals surface area contributed by atoms with Gasteiger partial charge in [0.25, 0.3) is 5.91 Å². The summed E-state index contributed by atoms with van der Waals surface area (Å²) in [6, 6.07) is 16.2. The molecule has 2 N–H and O–H groups in total. The third kappa shape index (κ3) is 5.15. The molecule has 0 saturated carbocycles. The summed E-state index contributed by atoms with van der Waals surface area (Å²) >= 11 is 3.39. The maximum Gasteiger partial charge on any atom is 0.259 e. The molecule has 0 unspecified atom stereocenters. The summed E-state index contributed by atoms with van der Waals surface area (Å²) < 4.78 is 3.21. The maximum atomic E-state index is 12.0. The first-order chi connectivity index (χ1) is 13.8. The first-order valence-corrected chi connectivity index (χ1v) is 10.2. The van der Waals surface area contributed by atoms with Gasteiger partial charge in [-0.1, -0.05) is 33.6 Å². The van der Waals surface area contributed by atoms with Gasteiger partial charge < -0.3 is 9.88 Å². The number of carbonyl (C=O) groups is 1. The van der Waals surface area contributed by atoms with Gasteiger partial charge in [0.1, 0.15) is 0 Å². The van der Waals surface area contributed by atoms with E-state index in [0.29, 0.717) is 0 Å². The molecule has 0 atom stereocenters. The van der Waals surface area contributed by atoms with Crippen LogP contribution >= 0.6 is 15.9 Å². The lowest BCUT2D eigenvalue weighted by molar-refractivity contribution is -0.119. The van der Waals surface area contributed by atoms with Gasteiger partial charge >= 0.3 is 0 Å². The van der Waals surface area contributed by atoms with Crippen molar-refractivity contribution in [1.82, 2.24) is 9.99 Å². The Labute approximate surface area is 180 Å². The van der Waals surface area contributed by atoms with E-state index in [4.69, 9.17) is 0 Å². The predicted molar refractivity (Wildman–Crippen MR) is 123 cm³/mol. The summed E-state index contributed by atoms with van der Waals surface area (Å²) in [6.07, 6.45) is 1.69. The summed E-state index contributed by atoms with van der Waals surface area (Å²) in [5.41, 5.74) is 10.3. The molecule has 0 radical (unpaired) electrons. The molecule has 0 spiro atoms. The van der Waals surface area contributed by atoms with E-state index in [2.05, 4.69) is 88.3 Å². The number of aromatic nitrogens is 1. The number of anilines is 1. The van der Waals surface area contributed by atoms with Crippen molar-refractivity contribution in [2.75, 3.05) is 11.9 Å². The fourth-order valence-electron chi connectivity index (χ4n) is 3.31. The molecule has 1 heterocycles. The van der Waals surface area contributed by atoms with Gasteiger partial charge in [0.2, 0.25) is 0 Å².